The average Bonchev–Trinajstić information content (AvgIpc) is 2.39. The van der Waals surface area contributed by atoms with Gasteiger partial charge in [0.05, 0.1) is 0 Å². The molecule has 0 bridgehead atoms. The SMILES string of the molecule is C=CC(c1ccc2c(c1)CCCC2)N(O)C(C)=O. The van der Waals surface area contributed by atoms with Crippen molar-refractivity contribution in [1.29, 1.82) is 0 Å². The maximum atomic E-state index is 11.2. The highest BCUT2D eigenvalue weighted by atomic mass is 16.5. The van der Waals surface area contributed by atoms with Crippen LogP contribution < -0.4 is 0 Å². The van der Waals surface area contributed by atoms with Crippen LogP contribution in [0.25, 0.3) is 0 Å². The fourth-order valence-electron chi connectivity index (χ4n) is 2.51. The number of carbonyl (C=O) groups excluding carboxylic acids is 1. The third kappa shape index (κ3) is 2.46. The molecule has 3 heteroatoms. The highest BCUT2D eigenvalue weighted by molar-refractivity contribution is 5.72. The lowest BCUT2D eigenvalue weighted by Crippen LogP contribution is -2.28. The molecule has 1 amide bonds. The molecule has 3 nitrogen and oxygen atoms in total. The molecule has 1 aromatic carbocycles. The second kappa shape index (κ2) is 5.36. The van der Waals surface area contributed by atoms with E-state index >= 15 is 0 Å². The Hall–Kier alpha value is -1.61. The van der Waals surface area contributed by atoms with Gasteiger partial charge >= 0.3 is 0 Å². The van der Waals surface area contributed by atoms with Crippen molar-refractivity contribution in [2.24, 2.45) is 0 Å². The molecule has 1 aromatic rings. The van der Waals surface area contributed by atoms with E-state index in [1.807, 2.05) is 6.07 Å². The molecule has 1 aliphatic carbocycles. The van der Waals surface area contributed by atoms with E-state index in [2.05, 4.69) is 18.7 Å². The van der Waals surface area contributed by atoms with Gasteiger partial charge in [0.15, 0.2) is 0 Å². The zero-order chi connectivity index (χ0) is 13.1. The molecule has 1 aliphatic rings. The van der Waals surface area contributed by atoms with Crippen LogP contribution >= 0.6 is 0 Å². The summed E-state index contributed by atoms with van der Waals surface area (Å²) < 4.78 is 0. The summed E-state index contributed by atoms with van der Waals surface area (Å²) in [6.45, 7) is 5.04. The molecular weight excluding hydrogens is 226 g/mol. The molecular formula is C15H19NO2. The van der Waals surface area contributed by atoms with Crippen LogP contribution in [0.4, 0.5) is 0 Å². The first-order chi connectivity index (χ1) is 8.63. The number of benzene rings is 1. The second-order valence-electron chi connectivity index (χ2n) is 4.78. The Morgan fingerprint density at radius 3 is 2.67 bits per heavy atom. The molecule has 18 heavy (non-hydrogen) atoms. The lowest BCUT2D eigenvalue weighted by molar-refractivity contribution is -0.169. The van der Waals surface area contributed by atoms with Crippen molar-refractivity contribution in [2.75, 3.05) is 0 Å². The zero-order valence-electron chi connectivity index (χ0n) is 10.7. The Balaban J connectivity index is 2.31. The molecule has 1 atom stereocenters. The van der Waals surface area contributed by atoms with E-state index in [1.54, 1.807) is 6.08 Å². The van der Waals surface area contributed by atoms with Crippen LogP contribution in [0, 0.1) is 0 Å². The monoisotopic (exact) mass is 245 g/mol. The van der Waals surface area contributed by atoms with Gasteiger partial charge in [0.2, 0.25) is 5.91 Å². The highest BCUT2D eigenvalue weighted by Gasteiger charge is 2.19. The lowest BCUT2D eigenvalue weighted by atomic mass is 9.89. The number of carbonyl (C=O) groups is 1. The summed E-state index contributed by atoms with van der Waals surface area (Å²) in [6, 6.07) is 5.71. The maximum absolute atomic E-state index is 11.2. The van der Waals surface area contributed by atoms with Gasteiger partial charge in [-0.05, 0) is 42.4 Å². The molecule has 96 valence electrons. The summed E-state index contributed by atoms with van der Waals surface area (Å²) in [6.07, 6.45) is 6.26. The summed E-state index contributed by atoms with van der Waals surface area (Å²) in [5, 5.41) is 10.5. The third-order valence-electron chi connectivity index (χ3n) is 3.52. The Bertz CT molecular complexity index is 468. The lowest BCUT2D eigenvalue weighted by Gasteiger charge is -2.24. The van der Waals surface area contributed by atoms with Crippen LogP contribution in [0.1, 0.15) is 42.5 Å². The fourth-order valence-corrected chi connectivity index (χ4v) is 2.51. The number of nitrogens with zero attached hydrogens (tertiary/aromatic N) is 1. The number of aryl methyl sites for hydroxylation is 2. The fraction of sp³-hybridized carbons (Fsp3) is 0.400. The number of hydrogen-bond acceptors (Lipinski definition) is 2. The predicted octanol–water partition coefficient (Wildman–Crippen LogP) is 3.03. The van der Waals surface area contributed by atoms with Gasteiger partial charge in [0, 0.05) is 6.92 Å². The number of hydrogen-bond donors (Lipinski definition) is 1. The minimum Gasteiger partial charge on any atom is -0.285 e. The van der Waals surface area contributed by atoms with E-state index < -0.39 is 6.04 Å². The van der Waals surface area contributed by atoms with Gasteiger partial charge in [0.1, 0.15) is 6.04 Å². The van der Waals surface area contributed by atoms with Crippen molar-refractivity contribution in [2.45, 2.75) is 38.6 Å². The summed E-state index contributed by atoms with van der Waals surface area (Å²) >= 11 is 0. The molecule has 1 N–H and O–H groups in total. The van der Waals surface area contributed by atoms with Crippen LogP contribution in [-0.4, -0.2) is 16.2 Å². The molecule has 0 spiro atoms. The summed E-state index contributed by atoms with van der Waals surface area (Å²) in [5.74, 6) is -0.377. The van der Waals surface area contributed by atoms with Crippen molar-refractivity contribution in [1.82, 2.24) is 5.06 Å². The molecule has 1 unspecified atom stereocenters. The smallest absolute Gasteiger partial charge is 0.243 e. The first kappa shape index (κ1) is 12.8. The van der Waals surface area contributed by atoms with Gasteiger partial charge in [-0.3, -0.25) is 10.0 Å². The van der Waals surface area contributed by atoms with Crippen LogP contribution in [-0.2, 0) is 17.6 Å². The highest BCUT2D eigenvalue weighted by Crippen LogP contribution is 2.27. The number of rotatable bonds is 3. The van der Waals surface area contributed by atoms with Crippen molar-refractivity contribution >= 4 is 5.91 Å². The molecule has 0 aliphatic heterocycles. The van der Waals surface area contributed by atoms with E-state index in [0.29, 0.717) is 0 Å². The van der Waals surface area contributed by atoms with E-state index in [9.17, 15) is 10.0 Å². The van der Waals surface area contributed by atoms with Crippen LogP contribution in [0.3, 0.4) is 0 Å². The maximum Gasteiger partial charge on any atom is 0.243 e. The normalized spacial score (nSPS) is 15.7. The summed E-state index contributed by atoms with van der Waals surface area (Å²) in [7, 11) is 0. The Labute approximate surface area is 108 Å². The standard InChI is InChI=1S/C15H19NO2/c1-3-15(16(18)11(2)17)14-9-8-12-6-4-5-7-13(12)10-14/h3,8-10,15,18H,1,4-7H2,2H3. The molecule has 0 aromatic heterocycles. The van der Waals surface area contributed by atoms with Gasteiger partial charge in [-0.15, -0.1) is 6.58 Å². The van der Waals surface area contributed by atoms with Crippen molar-refractivity contribution in [3.8, 4) is 0 Å². The molecule has 0 radical (unpaired) electrons. The predicted molar refractivity (Wildman–Crippen MR) is 70.3 cm³/mol. The average molecular weight is 245 g/mol. The van der Waals surface area contributed by atoms with Crippen LogP contribution in [0.2, 0.25) is 0 Å². The minimum atomic E-state index is -0.463. The van der Waals surface area contributed by atoms with E-state index in [0.717, 1.165) is 23.5 Å². The Kier molecular flexibility index (Phi) is 3.82. The molecule has 0 fully saturated rings. The molecule has 0 saturated heterocycles. The number of hydroxylamine groups is 2. The van der Waals surface area contributed by atoms with Crippen molar-refractivity contribution in [3.05, 3.63) is 47.5 Å². The topological polar surface area (TPSA) is 40.5 Å². The first-order valence-corrected chi connectivity index (χ1v) is 6.36. The second-order valence-corrected chi connectivity index (χ2v) is 4.78. The molecule has 0 heterocycles. The van der Waals surface area contributed by atoms with Gasteiger partial charge in [0.25, 0.3) is 0 Å². The van der Waals surface area contributed by atoms with Crippen LogP contribution in [0.15, 0.2) is 30.9 Å². The van der Waals surface area contributed by atoms with Gasteiger partial charge in [-0.2, -0.15) is 0 Å². The summed E-state index contributed by atoms with van der Waals surface area (Å²) in [4.78, 5) is 11.2. The van der Waals surface area contributed by atoms with Crippen molar-refractivity contribution in [3.63, 3.8) is 0 Å². The Morgan fingerprint density at radius 2 is 2.06 bits per heavy atom. The van der Waals surface area contributed by atoms with Crippen molar-refractivity contribution < 1.29 is 10.0 Å². The van der Waals surface area contributed by atoms with E-state index in [-0.39, 0.29) is 5.91 Å². The molecule has 2 rings (SSSR count). The quantitative estimate of drug-likeness (QED) is 0.505. The van der Waals surface area contributed by atoms with Crippen LogP contribution in [0.5, 0.6) is 0 Å². The van der Waals surface area contributed by atoms with Gasteiger partial charge in [-0.25, -0.2) is 5.06 Å². The Morgan fingerprint density at radius 1 is 1.39 bits per heavy atom. The summed E-state index contributed by atoms with van der Waals surface area (Å²) in [5.41, 5.74) is 3.64. The van der Waals surface area contributed by atoms with Gasteiger partial charge in [-0.1, -0.05) is 24.3 Å². The number of amides is 1. The number of fused-ring (bicyclic) bond motifs is 1. The first-order valence-electron chi connectivity index (χ1n) is 6.36. The van der Waals surface area contributed by atoms with Gasteiger partial charge < -0.3 is 0 Å². The molecule has 0 saturated carbocycles. The zero-order valence-corrected chi connectivity index (χ0v) is 10.7. The third-order valence-corrected chi connectivity index (χ3v) is 3.52. The van der Waals surface area contributed by atoms with E-state index in [1.165, 1.54) is 30.9 Å². The largest absolute Gasteiger partial charge is 0.285 e. The van der Waals surface area contributed by atoms with E-state index in [4.69, 9.17) is 0 Å². The minimum absolute atomic E-state index is 0.377.